The third-order valence-electron chi connectivity index (χ3n) is 2.18. The van der Waals surface area contributed by atoms with Gasteiger partial charge in [0.2, 0.25) is 0 Å². The standard InChI is InChI=1S/C10H15N3O/c1-13(2)10-8(11)5-12-6-9(10)14-7-3-4-7/h5-7H,3-4,11H2,1-2H3. The number of anilines is 2. The van der Waals surface area contributed by atoms with E-state index in [0.717, 1.165) is 24.3 Å². The Bertz CT molecular complexity index is 334. The van der Waals surface area contributed by atoms with Crippen LogP contribution in [-0.2, 0) is 0 Å². The molecule has 0 unspecified atom stereocenters. The van der Waals surface area contributed by atoms with Gasteiger partial charge >= 0.3 is 0 Å². The summed E-state index contributed by atoms with van der Waals surface area (Å²) in [5.41, 5.74) is 7.42. The molecule has 0 aromatic carbocycles. The molecule has 1 aliphatic rings. The van der Waals surface area contributed by atoms with Gasteiger partial charge in [-0.25, -0.2) is 0 Å². The Labute approximate surface area is 83.7 Å². The lowest BCUT2D eigenvalue weighted by Crippen LogP contribution is -2.14. The van der Waals surface area contributed by atoms with Crippen LogP contribution in [0.2, 0.25) is 0 Å². The zero-order valence-corrected chi connectivity index (χ0v) is 8.53. The topological polar surface area (TPSA) is 51.4 Å². The van der Waals surface area contributed by atoms with Crippen LogP contribution >= 0.6 is 0 Å². The molecule has 1 fully saturated rings. The fraction of sp³-hybridized carbons (Fsp3) is 0.500. The summed E-state index contributed by atoms with van der Waals surface area (Å²) in [5.74, 6) is 0.789. The first kappa shape index (κ1) is 9.12. The van der Waals surface area contributed by atoms with Gasteiger partial charge in [0.25, 0.3) is 0 Å². The molecule has 4 nitrogen and oxygen atoms in total. The molecule has 0 amide bonds. The van der Waals surface area contributed by atoms with Crippen LogP contribution in [0.1, 0.15) is 12.8 Å². The lowest BCUT2D eigenvalue weighted by molar-refractivity contribution is 0.303. The molecule has 0 radical (unpaired) electrons. The van der Waals surface area contributed by atoms with E-state index in [0.29, 0.717) is 11.8 Å². The smallest absolute Gasteiger partial charge is 0.163 e. The fourth-order valence-electron chi connectivity index (χ4n) is 1.38. The Balaban J connectivity index is 2.30. The summed E-state index contributed by atoms with van der Waals surface area (Å²) in [4.78, 5) is 5.98. The number of hydrogen-bond acceptors (Lipinski definition) is 4. The second-order valence-corrected chi connectivity index (χ2v) is 3.79. The lowest BCUT2D eigenvalue weighted by atomic mass is 10.3. The zero-order valence-electron chi connectivity index (χ0n) is 8.53. The Morgan fingerprint density at radius 1 is 1.43 bits per heavy atom. The second-order valence-electron chi connectivity index (χ2n) is 3.79. The number of ether oxygens (including phenoxy) is 1. The maximum absolute atomic E-state index is 5.83. The zero-order chi connectivity index (χ0) is 10.1. The van der Waals surface area contributed by atoms with Gasteiger partial charge < -0.3 is 15.4 Å². The summed E-state index contributed by atoms with van der Waals surface area (Å²) >= 11 is 0. The number of nitrogens with zero attached hydrogens (tertiary/aromatic N) is 2. The van der Waals surface area contributed by atoms with Gasteiger partial charge in [0, 0.05) is 14.1 Å². The van der Waals surface area contributed by atoms with E-state index in [2.05, 4.69) is 4.98 Å². The van der Waals surface area contributed by atoms with Crippen molar-refractivity contribution < 1.29 is 4.74 Å². The highest BCUT2D eigenvalue weighted by Crippen LogP contribution is 2.35. The fourth-order valence-corrected chi connectivity index (χ4v) is 1.38. The van der Waals surface area contributed by atoms with E-state index in [1.165, 1.54) is 0 Å². The van der Waals surface area contributed by atoms with E-state index in [-0.39, 0.29) is 0 Å². The molecule has 0 bridgehead atoms. The molecule has 0 atom stereocenters. The Morgan fingerprint density at radius 2 is 2.14 bits per heavy atom. The molecule has 1 aromatic rings. The van der Waals surface area contributed by atoms with Crippen molar-refractivity contribution in [2.45, 2.75) is 18.9 Å². The van der Waals surface area contributed by atoms with Gasteiger partial charge in [0.1, 0.15) is 5.69 Å². The van der Waals surface area contributed by atoms with Gasteiger partial charge in [-0.2, -0.15) is 0 Å². The Morgan fingerprint density at radius 3 is 2.71 bits per heavy atom. The number of hydrogen-bond donors (Lipinski definition) is 1. The molecule has 0 aliphatic heterocycles. The largest absolute Gasteiger partial charge is 0.487 e. The van der Waals surface area contributed by atoms with Gasteiger partial charge in [0.05, 0.1) is 24.2 Å². The average Bonchev–Trinajstić information content (AvgIpc) is 2.87. The highest BCUT2D eigenvalue weighted by Gasteiger charge is 2.25. The summed E-state index contributed by atoms with van der Waals surface area (Å²) in [7, 11) is 3.90. The molecule has 1 aliphatic carbocycles. The summed E-state index contributed by atoms with van der Waals surface area (Å²) in [6.07, 6.45) is 6.03. The number of nitrogens with two attached hydrogens (primary N) is 1. The van der Waals surface area contributed by atoms with Crippen LogP contribution in [0.25, 0.3) is 0 Å². The summed E-state index contributed by atoms with van der Waals surface area (Å²) in [6.45, 7) is 0. The third kappa shape index (κ3) is 1.73. The maximum atomic E-state index is 5.83. The molecular weight excluding hydrogens is 178 g/mol. The van der Waals surface area contributed by atoms with E-state index in [1.807, 2.05) is 19.0 Å². The quantitative estimate of drug-likeness (QED) is 0.785. The van der Waals surface area contributed by atoms with E-state index in [9.17, 15) is 0 Å². The van der Waals surface area contributed by atoms with Gasteiger partial charge in [-0.15, -0.1) is 0 Å². The SMILES string of the molecule is CN(C)c1c(N)cncc1OC1CC1. The van der Waals surface area contributed by atoms with E-state index < -0.39 is 0 Å². The summed E-state index contributed by atoms with van der Waals surface area (Å²) < 4.78 is 5.71. The minimum atomic E-state index is 0.372. The van der Waals surface area contributed by atoms with E-state index in [4.69, 9.17) is 10.5 Å². The number of rotatable bonds is 3. The lowest BCUT2D eigenvalue weighted by Gasteiger charge is -2.18. The number of pyridine rings is 1. The molecule has 1 aromatic heterocycles. The molecule has 76 valence electrons. The van der Waals surface area contributed by atoms with E-state index in [1.54, 1.807) is 12.4 Å². The predicted molar refractivity (Wildman–Crippen MR) is 56.6 cm³/mol. The monoisotopic (exact) mass is 193 g/mol. The van der Waals surface area contributed by atoms with Crippen LogP contribution in [0, 0.1) is 0 Å². The van der Waals surface area contributed by atoms with Crippen molar-refractivity contribution in [3.05, 3.63) is 12.4 Å². The van der Waals surface area contributed by atoms with Crippen molar-refractivity contribution >= 4 is 11.4 Å². The van der Waals surface area contributed by atoms with Crippen LogP contribution in [0.5, 0.6) is 5.75 Å². The molecule has 0 spiro atoms. The van der Waals surface area contributed by atoms with Crippen molar-refractivity contribution in [2.75, 3.05) is 24.7 Å². The van der Waals surface area contributed by atoms with Gasteiger partial charge in [-0.05, 0) is 12.8 Å². The number of aromatic nitrogens is 1. The minimum absolute atomic E-state index is 0.372. The molecule has 14 heavy (non-hydrogen) atoms. The Hall–Kier alpha value is -1.45. The normalized spacial score (nSPS) is 15.3. The van der Waals surface area contributed by atoms with Crippen molar-refractivity contribution in [2.24, 2.45) is 0 Å². The molecule has 0 saturated heterocycles. The summed E-state index contributed by atoms with van der Waals surface area (Å²) in [5, 5.41) is 0. The van der Waals surface area contributed by atoms with Crippen molar-refractivity contribution in [3.63, 3.8) is 0 Å². The van der Waals surface area contributed by atoms with Crippen LogP contribution in [0.3, 0.4) is 0 Å². The first-order valence-corrected chi connectivity index (χ1v) is 4.76. The molecule has 1 heterocycles. The second kappa shape index (κ2) is 3.36. The van der Waals surface area contributed by atoms with Crippen molar-refractivity contribution in [1.29, 1.82) is 0 Å². The average molecular weight is 193 g/mol. The Kier molecular flexibility index (Phi) is 2.19. The third-order valence-corrected chi connectivity index (χ3v) is 2.18. The first-order chi connectivity index (χ1) is 6.68. The molecule has 4 heteroatoms. The van der Waals surface area contributed by atoms with Crippen LogP contribution in [0.15, 0.2) is 12.4 Å². The minimum Gasteiger partial charge on any atom is -0.487 e. The van der Waals surface area contributed by atoms with Crippen LogP contribution in [-0.4, -0.2) is 25.2 Å². The molecule has 1 saturated carbocycles. The number of nitrogen functional groups attached to an aromatic ring is 1. The van der Waals surface area contributed by atoms with Crippen molar-refractivity contribution in [3.8, 4) is 5.75 Å². The molecule has 2 rings (SSSR count). The summed E-state index contributed by atoms with van der Waals surface area (Å²) in [6, 6.07) is 0. The highest BCUT2D eigenvalue weighted by atomic mass is 16.5. The van der Waals surface area contributed by atoms with Gasteiger partial charge in [-0.1, -0.05) is 0 Å². The predicted octanol–water partition coefficient (Wildman–Crippen LogP) is 1.27. The van der Waals surface area contributed by atoms with Crippen LogP contribution < -0.4 is 15.4 Å². The van der Waals surface area contributed by atoms with Crippen LogP contribution in [0.4, 0.5) is 11.4 Å². The highest BCUT2D eigenvalue weighted by molar-refractivity contribution is 5.72. The van der Waals surface area contributed by atoms with E-state index >= 15 is 0 Å². The maximum Gasteiger partial charge on any atom is 0.163 e. The van der Waals surface area contributed by atoms with Gasteiger partial charge in [0.15, 0.2) is 5.75 Å². The molecular formula is C10H15N3O. The van der Waals surface area contributed by atoms with Crippen molar-refractivity contribution in [1.82, 2.24) is 4.98 Å². The first-order valence-electron chi connectivity index (χ1n) is 4.76. The molecule has 2 N–H and O–H groups in total. The van der Waals surface area contributed by atoms with Gasteiger partial charge in [-0.3, -0.25) is 4.98 Å².